The number of benzene rings is 2. The third kappa shape index (κ3) is 4.63. The summed E-state index contributed by atoms with van der Waals surface area (Å²) in [4.78, 5) is 22.4. The molecular weight excluding hydrogens is 381 g/mol. The number of hydrogen-bond donors (Lipinski definition) is 3. The zero-order valence-corrected chi connectivity index (χ0v) is 14.5. The first-order valence-corrected chi connectivity index (χ1v) is 7.74. The summed E-state index contributed by atoms with van der Waals surface area (Å²) in [5.74, 6) is -0.761. The summed E-state index contributed by atoms with van der Waals surface area (Å²) in [5, 5.41) is 25.4. The molecule has 10 heteroatoms. The lowest BCUT2D eigenvalue weighted by Gasteiger charge is -2.07. The van der Waals surface area contributed by atoms with Crippen LogP contribution in [0.1, 0.15) is 0 Å². The Morgan fingerprint density at radius 3 is 2.58 bits per heavy atom. The first-order chi connectivity index (χ1) is 12.3. The molecule has 26 heavy (non-hydrogen) atoms. The van der Waals surface area contributed by atoms with Crippen molar-refractivity contribution in [2.45, 2.75) is 0 Å². The van der Waals surface area contributed by atoms with Gasteiger partial charge in [-0.15, -0.1) is 0 Å². The number of carbonyl (C=O) groups is 1. The number of nitrogens with two attached hydrogens (primary N) is 1. The lowest BCUT2D eigenvalue weighted by atomic mass is 10.2. The van der Waals surface area contributed by atoms with E-state index in [2.05, 4.69) is 10.6 Å². The summed E-state index contributed by atoms with van der Waals surface area (Å²) in [5.41, 5.74) is 5.99. The molecule has 0 unspecified atom stereocenters. The van der Waals surface area contributed by atoms with Crippen molar-refractivity contribution in [3.05, 3.63) is 68.3 Å². The Bertz CT molecular complexity index is 953. The number of hydrogen-bond acceptors (Lipinski definition) is 6. The quantitative estimate of drug-likeness (QED) is 0.232. The van der Waals surface area contributed by atoms with Gasteiger partial charge in [0.1, 0.15) is 16.7 Å². The summed E-state index contributed by atoms with van der Waals surface area (Å²) < 4.78 is 0. The number of nitrogens with zero attached hydrogens (tertiary/aromatic N) is 2. The highest BCUT2D eigenvalue weighted by atomic mass is 35.5. The number of nitriles is 1. The second kappa shape index (κ2) is 8.20. The molecule has 0 radical (unpaired) electrons. The van der Waals surface area contributed by atoms with Gasteiger partial charge in [-0.05, 0) is 30.3 Å². The van der Waals surface area contributed by atoms with Crippen molar-refractivity contribution >= 4 is 51.9 Å². The molecule has 2 aromatic carbocycles. The number of halogens is 2. The number of nitrogens with one attached hydrogen (secondary N) is 2. The number of nitro groups is 1. The number of rotatable bonds is 5. The molecule has 0 aliphatic carbocycles. The molecule has 0 aliphatic rings. The zero-order chi connectivity index (χ0) is 19.3. The van der Waals surface area contributed by atoms with Gasteiger partial charge in [0.2, 0.25) is 0 Å². The minimum Gasteiger partial charge on any atom is -0.399 e. The molecule has 0 fully saturated rings. The van der Waals surface area contributed by atoms with Crippen molar-refractivity contribution < 1.29 is 9.72 Å². The lowest BCUT2D eigenvalue weighted by molar-refractivity contribution is -0.384. The molecule has 4 N–H and O–H groups in total. The molecular formula is C16H11Cl2N5O3. The molecule has 8 nitrogen and oxygen atoms in total. The normalized spacial score (nSPS) is 10.7. The van der Waals surface area contributed by atoms with Crippen molar-refractivity contribution in [1.29, 1.82) is 5.26 Å². The number of carbonyl (C=O) groups excluding carboxylic acids is 1. The summed E-state index contributed by atoms with van der Waals surface area (Å²) in [6.07, 6.45) is 1.16. The standard InChI is InChI=1S/C16H11Cl2N5O3/c17-12-3-2-11(6-15(12)23(25)26)22-16(24)9(7-19)8-21-14-4-1-10(20)5-13(14)18/h1-6,8,21H,20H2,(H,22,24)/b9-8-. The maximum absolute atomic E-state index is 12.2. The van der Waals surface area contributed by atoms with Gasteiger partial charge in [0.15, 0.2) is 0 Å². The second-order valence-electron chi connectivity index (χ2n) is 4.93. The average molecular weight is 392 g/mol. The van der Waals surface area contributed by atoms with E-state index in [1.165, 1.54) is 18.2 Å². The van der Waals surface area contributed by atoms with Crippen LogP contribution in [0.5, 0.6) is 0 Å². The van der Waals surface area contributed by atoms with E-state index in [0.717, 1.165) is 12.3 Å². The Kier molecular flexibility index (Phi) is 6.01. The first kappa shape index (κ1) is 19.1. The highest BCUT2D eigenvalue weighted by molar-refractivity contribution is 6.33. The van der Waals surface area contributed by atoms with Gasteiger partial charge in [0, 0.05) is 23.6 Å². The van der Waals surface area contributed by atoms with Gasteiger partial charge in [0.05, 0.1) is 15.6 Å². The van der Waals surface area contributed by atoms with Gasteiger partial charge in [-0.2, -0.15) is 5.26 Å². The van der Waals surface area contributed by atoms with Crippen LogP contribution in [0.4, 0.5) is 22.7 Å². The lowest BCUT2D eigenvalue weighted by Crippen LogP contribution is -2.14. The van der Waals surface area contributed by atoms with E-state index in [1.54, 1.807) is 18.2 Å². The third-order valence-electron chi connectivity index (χ3n) is 3.13. The fraction of sp³-hybridized carbons (Fsp3) is 0. The molecule has 2 aromatic rings. The third-order valence-corrected chi connectivity index (χ3v) is 3.76. The number of amides is 1. The maximum Gasteiger partial charge on any atom is 0.289 e. The van der Waals surface area contributed by atoms with Gasteiger partial charge >= 0.3 is 0 Å². The van der Waals surface area contributed by atoms with Crippen molar-refractivity contribution in [3.8, 4) is 6.07 Å². The van der Waals surface area contributed by atoms with E-state index in [4.69, 9.17) is 34.2 Å². The predicted molar refractivity (Wildman–Crippen MR) is 99.9 cm³/mol. The van der Waals surface area contributed by atoms with Crippen LogP contribution in [0.25, 0.3) is 0 Å². The monoisotopic (exact) mass is 391 g/mol. The fourth-order valence-corrected chi connectivity index (χ4v) is 2.31. The Morgan fingerprint density at radius 1 is 1.23 bits per heavy atom. The molecule has 0 saturated carbocycles. The molecule has 132 valence electrons. The summed E-state index contributed by atoms with van der Waals surface area (Å²) in [7, 11) is 0. The highest BCUT2D eigenvalue weighted by Crippen LogP contribution is 2.28. The van der Waals surface area contributed by atoms with Gasteiger partial charge in [-0.25, -0.2) is 0 Å². The highest BCUT2D eigenvalue weighted by Gasteiger charge is 2.15. The van der Waals surface area contributed by atoms with Crippen LogP contribution < -0.4 is 16.4 Å². The van der Waals surface area contributed by atoms with Crippen LogP contribution in [-0.4, -0.2) is 10.8 Å². The van der Waals surface area contributed by atoms with E-state index < -0.39 is 10.8 Å². The van der Waals surface area contributed by atoms with Crippen molar-refractivity contribution in [2.24, 2.45) is 0 Å². The van der Waals surface area contributed by atoms with Crippen LogP contribution in [0.15, 0.2) is 48.2 Å². The molecule has 2 rings (SSSR count). The smallest absolute Gasteiger partial charge is 0.289 e. The minimum atomic E-state index is -0.761. The van der Waals surface area contributed by atoms with Crippen molar-refractivity contribution in [3.63, 3.8) is 0 Å². The number of nitrogen functional groups attached to an aromatic ring is 1. The van der Waals surface area contributed by atoms with Gasteiger partial charge in [-0.1, -0.05) is 23.2 Å². The van der Waals surface area contributed by atoms with Crippen LogP contribution in [-0.2, 0) is 4.79 Å². The molecule has 0 aromatic heterocycles. The Morgan fingerprint density at radius 2 is 1.96 bits per heavy atom. The fourth-order valence-electron chi connectivity index (χ4n) is 1.88. The van der Waals surface area contributed by atoms with Gasteiger partial charge in [0.25, 0.3) is 11.6 Å². The number of anilines is 3. The van der Waals surface area contributed by atoms with Crippen molar-refractivity contribution in [2.75, 3.05) is 16.4 Å². The summed E-state index contributed by atoms with van der Waals surface area (Å²) in [6, 6.07) is 10.2. The van der Waals surface area contributed by atoms with Gasteiger partial charge < -0.3 is 16.4 Å². The predicted octanol–water partition coefficient (Wildman–Crippen LogP) is 3.94. The molecule has 0 heterocycles. The van der Waals surface area contributed by atoms with Crippen LogP contribution in [0.2, 0.25) is 10.0 Å². The largest absolute Gasteiger partial charge is 0.399 e. The average Bonchev–Trinajstić information content (AvgIpc) is 2.58. The topological polar surface area (TPSA) is 134 Å². The van der Waals surface area contributed by atoms with Crippen LogP contribution in [0.3, 0.4) is 0 Å². The second-order valence-corrected chi connectivity index (χ2v) is 5.75. The van der Waals surface area contributed by atoms with E-state index in [0.29, 0.717) is 16.4 Å². The summed E-state index contributed by atoms with van der Waals surface area (Å²) >= 11 is 11.7. The van der Waals surface area contributed by atoms with E-state index in [1.807, 2.05) is 0 Å². The van der Waals surface area contributed by atoms with Gasteiger partial charge in [-0.3, -0.25) is 14.9 Å². The molecule has 0 saturated heterocycles. The molecule has 0 bridgehead atoms. The first-order valence-electron chi connectivity index (χ1n) is 6.99. The zero-order valence-electron chi connectivity index (χ0n) is 13.0. The Balaban J connectivity index is 2.17. The van der Waals surface area contributed by atoms with E-state index in [9.17, 15) is 14.9 Å². The van der Waals surface area contributed by atoms with Crippen LogP contribution in [0, 0.1) is 21.4 Å². The minimum absolute atomic E-state index is 0.0660. The van der Waals surface area contributed by atoms with Crippen molar-refractivity contribution in [1.82, 2.24) is 0 Å². The van der Waals surface area contributed by atoms with E-state index >= 15 is 0 Å². The molecule has 0 aliphatic heterocycles. The SMILES string of the molecule is N#C/C(=C/Nc1ccc(N)cc1Cl)C(=O)Nc1ccc(Cl)c([N+](=O)[O-])c1. The number of nitro benzene ring substituents is 1. The maximum atomic E-state index is 12.2. The van der Waals surface area contributed by atoms with E-state index in [-0.39, 0.29) is 22.0 Å². The molecule has 1 amide bonds. The Labute approximate surface area is 158 Å². The Hall–Kier alpha value is -3.28. The molecule has 0 atom stereocenters. The van der Waals surface area contributed by atoms with Crippen LogP contribution >= 0.6 is 23.2 Å². The molecule has 0 spiro atoms. The summed E-state index contributed by atoms with van der Waals surface area (Å²) in [6.45, 7) is 0.